The molecule has 1 aromatic rings. The van der Waals surface area contributed by atoms with Crippen LogP contribution in [0.25, 0.3) is 0 Å². The van der Waals surface area contributed by atoms with Gasteiger partial charge in [0.05, 0.1) is 18.6 Å². The van der Waals surface area contributed by atoms with Crippen molar-refractivity contribution in [2.45, 2.75) is 19.3 Å². The maximum atomic E-state index is 13.3. The van der Waals surface area contributed by atoms with Crippen molar-refractivity contribution in [3.8, 4) is 11.8 Å². The summed E-state index contributed by atoms with van der Waals surface area (Å²) in [5.41, 5.74) is -0.578. The van der Waals surface area contributed by atoms with Crippen LogP contribution >= 0.6 is 0 Å². The van der Waals surface area contributed by atoms with Gasteiger partial charge in [-0.2, -0.15) is 9.65 Å². The fourth-order valence-corrected chi connectivity index (χ4v) is 1.28. The molecule has 0 saturated carbocycles. The summed E-state index contributed by atoms with van der Waals surface area (Å²) in [7, 11) is 1.24. The molecule has 1 aromatic carbocycles. The molecule has 0 bridgehead atoms. The van der Waals surface area contributed by atoms with Crippen LogP contribution in [0, 0.1) is 23.0 Å². The van der Waals surface area contributed by atoms with Gasteiger partial charge in [0.25, 0.3) is 0 Å². The van der Waals surface area contributed by atoms with E-state index in [0.29, 0.717) is 5.56 Å². The number of methoxy groups -OCH3 is 1. The van der Waals surface area contributed by atoms with Crippen LogP contribution in [0.5, 0.6) is 5.75 Å². The molecule has 0 N–H and O–H groups in total. The smallest absolute Gasteiger partial charge is 0.200 e. The van der Waals surface area contributed by atoms with Gasteiger partial charge in [-0.3, -0.25) is 0 Å². The van der Waals surface area contributed by atoms with Crippen molar-refractivity contribution in [3.63, 3.8) is 0 Å². The lowest BCUT2D eigenvalue weighted by molar-refractivity contribution is 0.361. The second-order valence-electron chi connectivity index (χ2n) is 3.68. The van der Waals surface area contributed by atoms with Gasteiger partial charge >= 0.3 is 0 Å². The molecule has 0 amide bonds. The lowest BCUT2D eigenvalue weighted by Gasteiger charge is -2.19. The molecule has 0 aliphatic carbocycles. The summed E-state index contributed by atoms with van der Waals surface area (Å²) in [5, 5.41) is 8.91. The van der Waals surface area contributed by atoms with Crippen molar-refractivity contribution in [1.82, 2.24) is 0 Å². The topological polar surface area (TPSA) is 33.0 Å². The molecular weight excluding hydrogens is 200 g/mol. The zero-order chi connectivity index (χ0) is 11.6. The van der Waals surface area contributed by atoms with E-state index in [9.17, 15) is 8.78 Å². The minimum Gasteiger partial charge on any atom is -0.493 e. The first-order valence-electron chi connectivity index (χ1n) is 4.37. The van der Waals surface area contributed by atoms with Crippen molar-refractivity contribution in [1.29, 1.82) is 5.26 Å². The highest BCUT2D eigenvalue weighted by Crippen LogP contribution is 2.34. The fraction of sp³-hybridized carbons (Fsp3) is 0.364. The lowest BCUT2D eigenvalue weighted by Crippen LogP contribution is -2.16. The summed E-state index contributed by atoms with van der Waals surface area (Å²) < 4.78 is 31.0. The van der Waals surface area contributed by atoms with Gasteiger partial charge in [0.1, 0.15) is 0 Å². The number of benzene rings is 1. The second kappa shape index (κ2) is 3.85. The summed E-state index contributed by atoms with van der Waals surface area (Å²) in [6.45, 7) is 3.23. The quantitative estimate of drug-likeness (QED) is 0.753. The van der Waals surface area contributed by atoms with Crippen LogP contribution in [0.2, 0.25) is 0 Å². The van der Waals surface area contributed by atoms with E-state index >= 15 is 0 Å². The van der Waals surface area contributed by atoms with Crippen molar-refractivity contribution in [2.24, 2.45) is 0 Å². The molecule has 1 rings (SSSR count). The van der Waals surface area contributed by atoms with E-state index in [-0.39, 0.29) is 5.75 Å². The lowest BCUT2D eigenvalue weighted by atomic mass is 9.85. The van der Waals surface area contributed by atoms with Gasteiger partial charge in [-0.15, -0.1) is 0 Å². The summed E-state index contributed by atoms with van der Waals surface area (Å²) in [4.78, 5) is 0. The van der Waals surface area contributed by atoms with Crippen molar-refractivity contribution < 1.29 is 13.5 Å². The highest BCUT2D eigenvalue weighted by molar-refractivity contribution is 5.43. The summed E-state index contributed by atoms with van der Waals surface area (Å²) >= 11 is 0. The van der Waals surface area contributed by atoms with Gasteiger partial charge in [0, 0.05) is 5.56 Å². The number of halogens is 2. The van der Waals surface area contributed by atoms with E-state index < -0.39 is 17.0 Å². The molecule has 0 aliphatic rings. The summed E-state index contributed by atoms with van der Waals surface area (Å²) in [5.74, 6) is -2.25. The molecule has 4 heteroatoms. The monoisotopic (exact) mass is 211 g/mol. The average molecular weight is 211 g/mol. The number of ether oxygens (including phenoxy) is 1. The highest BCUT2D eigenvalue weighted by Gasteiger charge is 2.27. The van der Waals surface area contributed by atoms with Crippen LogP contribution < -0.4 is 4.74 Å². The van der Waals surface area contributed by atoms with Crippen LogP contribution in [0.4, 0.5) is 8.78 Å². The average Bonchev–Trinajstić information content (AvgIpc) is 2.21. The van der Waals surface area contributed by atoms with Crippen molar-refractivity contribution in [2.75, 3.05) is 7.11 Å². The number of rotatable bonds is 2. The molecule has 15 heavy (non-hydrogen) atoms. The third-order valence-electron chi connectivity index (χ3n) is 2.21. The number of hydrogen-bond donors (Lipinski definition) is 0. The molecule has 0 radical (unpaired) electrons. The molecule has 2 nitrogen and oxygen atoms in total. The van der Waals surface area contributed by atoms with Gasteiger partial charge in [-0.1, -0.05) is 6.07 Å². The molecule has 0 heterocycles. The van der Waals surface area contributed by atoms with E-state index in [2.05, 4.69) is 0 Å². The highest BCUT2D eigenvalue weighted by atomic mass is 19.2. The zero-order valence-corrected chi connectivity index (χ0v) is 8.77. The molecule has 0 fully saturated rings. The van der Waals surface area contributed by atoms with E-state index in [1.165, 1.54) is 13.2 Å². The van der Waals surface area contributed by atoms with E-state index in [4.69, 9.17) is 10.00 Å². The zero-order valence-electron chi connectivity index (χ0n) is 8.77. The van der Waals surface area contributed by atoms with Crippen LogP contribution in [0.15, 0.2) is 12.1 Å². The van der Waals surface area contributed by atoms with E-state index in [0.717, 1.165) is 6.07 Å². The van der Waals surface area contributed by atoms with E-state index in [1.54, 1.807) is 13.8 Å². The third kappa shape index (κ3) is 1.91. The minimum absolute atomic E-state index is 0.207. The first kappa shape index (κ1) is 11.4. The normalized spacial score (nSPS) is 10.9. The molecule has 0 aromatic heterocycles. The van der Waals surface area contributed by atoms with Crippen LogP contribution in [0.3, 0.4) is 0 Å². The standard InChI is InChI=1S/C11H11F2NO/c1-11(2,6-14)7-4-5-8(12)9(13)10(7)15-3/h4-5H,1-3H3. The first-order chi connectivity index (χ1) is 6.94. The SMILES string of the molecule is COc1c(C(C)(C)C#N)ccc(F)c1F. The largest absolute Gasteiger partial charge is 0.493 e. The number of nitrogens with zero attached hydrogens (tertiary/aromatic N) is 1. The first-order valence-corrected chi connectivity index (χ1v) is 4.37. The van der Waals surface area contributed by atoms with Gasteiger partial charge < -0.3 is 4.74 Å². The van der Waals surface area contributed by atoms with Crippen molar-refractivity contribution in [3.05, 3.63) is 29.3 Å². The number of nitriles is 1. The number of hydrogen-bond acceptors (Lipinski definition) is 2. The minimum atomic E-state index is -1.06. The van der Waals surface area contributed by atoms with Gasteiger partial charge in [0.2, 0.25) is 5.82 Å². The Hall–Kier alpha value is -1.63. The van der Waals surface area contributed by atoms with Crippen LogP contribution in [-0.4, -0.2) is 7.11 Å². The second-order valence-corrected chi connectivity index (χ2v) is 3.68. The van der Waals surface area contributed by atoms with Gasteiger partial charge in [-0.25, -0.2) is 4.39 Å². The summed E-state index contributed by atoms with van der Waals surface area (Å²) in [6, 6.07) is 4.36. The third-order valence-corrected chi connectivity index (χ3v) is 2.21. The predicted octanol–water partition coefficient (Wildman–Crippen LogP) is 2.77. The molecular formula is C11H11F2NO. The maximum Gasteiger partial charge on any atom is 0.200 e. The van der Waals surface area contributed by atoms with Crippen LogP contribution in [0.1, 0.15) is 19.4 Å². The molecule has 0 unspecified atom stereocenters. The van der Waals surface area contributed by atoms with Crippen LogP contribution in [-0.2, 0) is 5.41 Å². The molecule has 0 atom stereocenters. The Bertz CT molecular complexity index is 421. The molecule has 80 valence electrons. The Labute approximate surface area is 87.1 Å². The Morgan fingerprint density at radius 2 is 1.93 bits per heavy atom. The Morgan fingerprint density at radius 1 is 1.33 bits per heavy atom. The molecule has 0 saturated heterocycles. The molecule has 0 aliphatic heterocycles. The van der Waals surface area contributed by atoms with E-state index in [1.807, 2.05) is 6.07 Å². The van der Waals surface area contributed by atoms with Gasteiger partial charge in [0.15, 0.2) is 11.6 Å². The fourth-order valence-electron chi connectivity index (χ4n) is 1.28. The maximum absolute atomic E-state index is 13.3. The van der Waals surface area contributed by atoms with Gasteiger partial charge in [-0.05, 0) is 19.9 Å². The predicted molar refractivity (Wildman–Crippen MR) is 51.5 cm³/mol. The Morgan fingerprint density at radius 3 is 2.40 bits per heavy atom. The molecule has 0 spiro atoms. The Kier molecular flexibility index (Phi) is 2.94. The summed E-state index contributed by atoms with van der Waals surface area (Å²) in [6.07, 6.45) is 0. The van der Waals surface area contributed by atoms with Crippen molar-refractivity contribution >= 4 is 0 Å². The Balaban J connectivity index is 3.45.